The SMILES string of the molecule is [N-]=[N+]=NC1CC2OCC(O2)C1O. The maximum Gasteiger partial charge on any atom is 0.158 e. The first-order valence-corrected chi connectivity index (χ1v) is 3.80. The van der Waals surface area contributed by atoms with Gasteiger partial charge < -0.3 is 14.6 Å². The van der Waals surface area contributed by atoms with Crippen molar-refractivity contribution in [2.75, 3.05) is 6.61 Å². The molecule has 0 amide bonds. The number of fused-ring (bicyclic) bond motifs is 2. The molecule has 2 aliphatic heterocycles. The van der Waals surface area contributed by atoms with E-state index in [0.717, 1.165) is 0 Å². The van der Waals surface area contributed by atoms with Crippen LogP contribution in [0.15, 0.2) is 5.11 Å². The number of hydrogen-bond donors (Lipinski definition) is 1. The monoisotopic (exact) mass is 171 g/mol. The van der Waals surface area contributed by atoms with Gasteiger partial charge in [0.25, 0.3) is 0 Å². The van der Waals surface area contributed by atoms with E-state index in [2.05, 4.69) is 10.0 Å². The highest BCUT2D eigenvalue weighted by molar-refractivity contribution is 4.91. The molecular formula is C6H9N3O3. The molecular weight excluding hydrogens is 162 g/mol. The van der Waals surface area contributed by atoms with Gasteiger partial charge in [-0.15, -0.1) is 0 Å². The number of aliphatic hydroxyl groups is 1. The molecule has 12 heavy (non-hydrogen) atoms. The highest BCUT2D eigenvalue weighted by Crippen LogP contribution is 2.29. The van der Waals surface area contributed by atoms with E-state index in [-0.39, 0.29) is 12.4 Å². The molecule has 2 bridgehead atoms. The zero-order valence-corrected chi connectivity index (χ0v) is 6.33. The minimum atomic E-state index is -0.723. The number of nitrogens with zero attached hydrogens (tertiary/aromatic N) is 3. The Bertz CT molecular complexity index is 228. The fourth-order valence-electron chi connectivity index (χ4n) is 1.54. The van der Waals surface area contributed by atoms with Crippen molar-refractivity contribution >= 4 is 0 Å². The number of ether oxygens (including phenoxy) is 2. The molecule has 6 nitrogen and oxygen atoms in total. The lowest BCUT2D eigenvalue weighted by Crippen LogP contribution is -2.43. The molecule has 0 radical (unpaired) electrons. The Morgan fingerprint density at radius 1 is 1.58 bits per heavy atom. The minimum Gasteiger partial charge on any atom is -0.390 e. The average Bonchev–Trinajstić information content (AvgIpc) is 2.45. The lowest BCUT2D eigenvalue weighted by atomic mass is 10.0. The van der Waals surface area contributed by atoms with Crippen molar-refractivity contribution in [2.24, 2.45) is 5.11 Å². The van der Waals surface area contributed by atoms with E-state index < -0.39 is 12.1 Å². The molecule has 4 atom stereocenters. The van der Waals surface area contributed by atoms with Gasteiger partial charge in [0.15, 0.2) is 6.29 Å². The molecule has 0 aromatic heterocycles. The smallest absolute Gasteiger partial charge is 0.158 e. The van der Waals surface area contributed by atoms with Crippen molar-refractivity contribution in [1.82, 2.24) is 0 Å². The molecule has 66 valence electrons. The van der Waals surface area contributed by atoms with Crippen LogP contribution in [-0.4, -0.2) is 36.3 Å². The zero-order valence-electron chi connectivity index (χ0n) is 6.33. The van der Waals surface area contributed by atoms with Crippen LogP contribution in [0.3, 0.4) is 0 Å². The van der Waals surface area contributed by atoms with Crippen LogP contribution in [0.1, 0.15) is 6.42 Å². The van der Waals surface area contributed by atoms with Crippen LogP contribution in [0.2, 0.25) is 0 Å². The van der Waals surface area contributed by atoms with E-state index >= 15 is 0 Å². The van der Waals surface area contributed by atoms with E-state index in [1.54, 1.807) is 0 Å². The van der Waals surface area contributed by atoms with Crippen LogP contribution >= 0.6 is 0 Å². The number of rotatable bonds is 1. The maximum absolute atomic E-state index is 9.52. The first-order chi connectivity index (χ1) is 5.81. The maximum atomic E-state index is 9.52. The highest BCUT2D eigenvalue weighted by Gasteiger charge is 2.42. The predicted molar refractivity (Wildman–Crippen MR) is 38.2 cm³/mol. The molecule has 0 aromatic rings. The molecule has 0 spiro atoms. The fourth-order valence-corrected chi connectivity index (χ4v) is 1.54. The molecule has 2 saturated heterocycles. The molecule has 0 saturated carbocycles. The van der Waals surface area contributed by atoms with E-state index in [1.807, 2.05) is 0 Å². The Kier molecular flexibility index (Phi) is 1.90. The predicted octanol–water partition coefficient (Wildman–Crippen LogP) is 0.171. The molecule has 2 fully saturated rings. The van der Waals surface area contributed by atoms with Crippen molar-refractivity contribution in [1.29, 1.82) is 0 Å². The van der Waals surface area contributed by atoms with Crippen LogP contribution in [-0.2, 0) is 9.47 Å². The molecule has 2 heterocycles. The van der Waals surface area contributed by atoms with Crippen LogP contribution < -0.4 is 0 Å². The Balaban J connectivity index is 2.12. The number of aliphatic hydroxyl groups excluding tert-OH is 1. The molecule has 6 heteroatoms. The summed E-state index contributed by atoms with van der Waals surface area (Å²) in [5.74, 6) is 0. The first-order valence-electron chi connectivity index (χ1n) is 3.80. The third-order valence-corrected chi connectivity index (χ3v) is 2.18. The van der Waals surface area contributed by atoms with Gasteiger partial charge in [-0.25, -0.2) is 0 Å². The quantitative estimate of drug-likeness (QED) is 0.346. The highest BCUT2D eigenvalue weighted by atomic mass is 16.7. The minimum absolute atomic E-state index is 0.297. The van der Waals surface area contributed by atoms with Gasteiger partial charge in [-0.05, 0) is 5.53 Å². The molecule has 2 aliphatic rings. The second-order valence-electron chi connectivity index (χ2n) is 2.94. The van der Waals surface area contributed by atoms with Crippen LogP contribution in [0, 0.1) is 0 Å². The van der Waals surface area contributed by atoms with Crippen LogP contribution in [0.5, 0.6) is 0 Å². The summed E-state index contributed by atoms with van der Waals surface area (Å²) in [4.78, 5) is 2.66. The van der Waals surface area contributed by atoms with E-state index in [1.165, 1.54) is 0 Å². The van der Waals surface area contributed by atoms with Crippen molar-refractivity contribution in [3.05, 3.63) is 10.4 Å². The first kappa shape index (κ1) is 7.82. The summed E-state index contributed by atoms with van der Waals surface area (Å²) in [6.07, 6.45) is -0.894. The van der Waals surface area contributed by atoms with Gasteiger partial charge in [-0.3, -0.25) is 0 Å². The Hall–Kier alpha value is -0.810. The molecule has 0 aromatic carbocycles. The lowest BCUT2D eigenvalue weighted by Gasteiger charge is -2.28. The Morgan fingerprint density at radius 2 is 2.42 bits per heavy atom. The summed E-state index contributed by atoms with van der Waals surface area (Å²) in [5, 5.41) is 13.0. The fraction of sp³-hybridized carbons (Fsp3) is 1.00. The van der Waals surface area contributed by atoms with E-state index in [9.17, 15) is 5.11 Å². The van der Waals surface area contributed by atoms with Crippen LogP contribution in [0.25, 0.3) is 10.4 Å². The van der Waals surface area contributed by atoms with E-state index in [0.29, 0.717) is 13.0 Å². The average molecular weight is 171 g/mol. The van der Waals surface area contributed by atoms with Gasteiger partial charge >= 0.3 is 0 Å². The second kappa shape index (κ2) is 2.91. The molecule has 2 rings (SSSR count). The molecule has 1 N–H and O–H groups in total. The molecule has 4 unspecified atom stereocenters. The number of azide groups is 1. The largest absolute Gasteiger partial charge is 0.390 e. The normalized spacial score (nSPS) is 45.4. The Labute approximate surface area is 68.7 Å². The van der Waals surface area contributed by atoms with Gasteiger partial charge in [0, 0.05) is 11.3 Å². The van der Waals surface area contributed by atoms with Gasteiger partial charge in [-0.2, -0.15) is 0 Å². The zero-order chi connectivity index (χ0) is 8.55. The number of hydrogen-bond acceptors (Lipinski definition) is 4. The van der Waals surface area contributed by atoms with Gasteiger partial charge in [0.2, 0.25) is 0 Å². The van der Waals surface area contributed by atoms with Crippen molar-refractivity contribution in [3.63, 3.8) is 0 Å². The standard InChI is InChI=1S/C6H9N3O3/c7-9-8-3-1-5-11-2-4(12-5)6(3)10/h3-6,10H,1-2H2. The summed E-state index contributed by atoms with van der Waals surface area (Å²) < 4.78 is 10.4. The van der Waals surface area contributed by atoms with Crippen LogP contribution in [0.4, 0.5) is 0 Å². The summed E-state index contributed by atoms with van der Waals surface area (Å²) >= 11 is 0. The third-order valence-electron chi connectivity index (χ3n) is 2.18. The van der Waals surface area contributed by atoms with E-state index in [4.69, 9.17) is 15.0 Å². The summed E-state index contributed by atoms with van der Waals surface area (Å²) in [6.45, 7) is 0.392. The van der Waals surface area contributed by atoms with Crippen molar-refractivity contribution in [3.8, 4) is 0 Å². The molecule has 0 aliphatic carbocycles. The van der Waals surface area contributed by atoms with Gasteiger partial charge in [-0.1, -0.05) is 5.11 Å². The lowest BCUT2D eigenvalue weighted by molar-refractivity contribution is -0.126. The van der Waals surface area contributed by atoms with Gasteiger partial charge in [0.05, 0.1) is 18.8 Å². The summed E-state index contributed by atoms with van der Waals surface area (Å²) in [6, 6.07) is -0.402. The summed E-state index contributed by atoms with van der Waals surface area (Å²) in [5.41, 5.74) is 8.19. The third kappa shape index (κ3) is 1.15. The van der Waals surface area contributed by atoms with Gasteiger partial charge in [0.1, 0.15) is 6.10 Å². The summed E-state index contributed by atoms with van der Waals surface area (Å²) in [7, 11) is 0. The topological polar surface area (TPSA) is 87.5 Å². The second-order valence-corrected chi connectivity index (χ2v) is 2.94. The van der Waals surface area contributed by atoms with Crippen molar-refractivity contribution in [2.45, 2.75) is 31.0 Å². The van der Waals surface area contributed by atoms with Crippen molar-refractivity contribution < 1.29 is 14.6 Å². The Morgan fingerprint density at radius 3 is 3.17 bits per heavy atom.